The molecule has 3 N–H and O–H groups in total. The number of pyridine rings is 1. The maximum Gasteiger partial charge on any atom is 0.331 e. The molecule has 1 aliphatic carbocycles. The number of benzene rings is 1. The summed E-state index contributed by atoms with van der Waals surface area (Å²) in [4.78, 5) is 28.9. The Kier molecular flexibility index (Phi) is 6.65. The van der Waals surface area contributed by atoms with E-state index in [1.807, 2.05) is 6.07 Å². The third-order valence-electron chi connectivity index (χ3n) is 5.00. The number of halogens is 1. The molecule has 166 valence electrons. The Morgan fingerprint density at radius 2 is 1.81 bits per heavy atom. The minimum atomic E-state index is -3.50. The van der Waals surface area contributed by atoms with E-state index in [9.17, 15) is 18.0 Å². The number of nitrogens with one attached hydrogen (secondary N) is 1. The average molecular weight is 519 g/mol. The van der Waals surface area contributed by atoms with E-state index in [0.717, 1.165) is 5.39 Å². The van der Waals surface area contributed by atoms with Gasteiger partial charge in [-0.2, -0.15) is 0 Å². The van der Waals surface area contributed by atoms with Gasteiger partial charge in [-0.25, -0.2) is 18.2 Å². The Bertz CT molecular complexity index is 1300. The molecule has 0 aliphatic heterocycles. The molecule has 1 aliphatic rings. The monoisotopic (exact) mass is 518 g/mol. The van der Waals surface area contributed by atoms with Crippen LogP contribution in [0.25, 0.3) is 11.0 Å². The van der Waals surface area contributed by atoms with Gasteiger partial charge in [0.15, 0.2) is 0 Å². The van der Waals surface area contributed by atoms with Crippen molar-refractivity contribution in [1.82, 2.24) is 9.97 Å². The highest BCUT2D eigenvalue weighted by atomic mass is 79.9. The predicted octanol–water partition coefficient (Wildman–Crippen LogP) is 3.82. The quantitative estimate of drug-likeness (QED) is 0.446. The molecule has 0 amide bonds. The molecule has 2 unspecified atom stereocenters. The number of rotatable bonds is 4. The highest BCUT2D eigenvalue weighted by molar-refractivity contribution is 9.10. The fourth-order valence-corrected chi connectivity index (χ4v) is 4.81. The molecule has 0 saturated carbocycles. The fourth-order valence-electron chi connectivity index (χ4n) is 3.12. The third-order valence-corrected chi connectivity index (χ3v) is 7.98. The number of fused-ring (bicyclic) bond motifs is 1. The Hall–Kier alpha value is -3.24. The molecule has 0 saturated heterocycles. The second-order valence-electron chi connectivity index (χ2n) is 6.97. The van der Waals surface area contributed by atoms with Crippen LogP contribution in [0.4, 0.5) is 0 Å². The summed E-state index contributed by atoms with van der Waals surface area (Å²) in [6.07, 6.45) is 5.91. The van der Waals surface area contributed by atoms with Gasteiger partial charge < -0.3 is 15.2 Å². The molecule has 0 bridgehead atoms. The van der Waals surface area contributed by atoms with Crippen LogP contribution in [0.15, 0.2) is 88.5 Å². The van der Waals surface area contributed by atoms with E-state index in [1.165, 1.54) is 18.2 Å². The largest absolute Gasteiger partial charge is 0.480 e. The zero-order chi connectivity index (χ0) is 23.5. The summed E-state index contributed by atoms with van der Waals surface area (Å²) in [6, 6.07) is 13.5. The van der Waals surface area contributed by atoms with E-state index in [-0.39, 0.29) is 15.5 Å². The molecule has 0 fully saturated rings. The van der Waals surface area contributed by atoms with Crippen molar-refractivity contribution in [3.63, 3.8) is 0 Å². The summed E-state index contributed by atoms with van der Waals surface area (Å²) in [7, 11) is -3.50. The Morgan fingerprint density at radius 3 is 2.41 bits per heavy atom. The highest BCUT2D eigenvalue weighted by Gasteiger charge is 2.43. The number of carboxylic acids is 2. The lowest BCUT2D eigenvalue weighted by atomic mass is 9.83. The number of aliphatic carboxylic acids is 2. The number of alkyl halides is 1. The first-order valence-electron chi connectivity index (χ1n) is 9.36. The Morgan fingerprint density at radius 1 is 1.12 bits per heavy atom. The molecule has 0 spiro atoms. The molecular weight excluding hydrogens is 500 g/mol. The van der Waals surface area contributed by atoms with Crippen molar-refractivity contribution in [1.29, 1.82) is 0 Å². The summed E-state index contributed by atoms with van der Waals surface area (Å²) < 4.78 is 23.4. The molecule has 1 aromatic carbocycles. The lowest BCUT2D eigenvalue weighted by molar-refractivity contribution is -0.139. The molecule has 2 heterocycles. The summed E-state index contributed by atoms with van der Waals surface area (Å²) in [5, 5.41) is 18.7. The van der Waals surface area contributed by atoms with Gasteiger partial charge in [-0.05, 0) is 30.3 Å². The van der Waals surface area contributed by atoms with Crippen molar-refractivity contribution >= 4 is 48.7 Å². The number of hydrogen-bond acceptors (Lipinski definition) is 5. The summed E-state index contributed by atoms with van der Waals surface area (Å²) >= 11 is 3.04. The van der Waals surface area contributed by atoms with Crippen molar-refractivity contribution in [2.45, 2.75) is 21.2 Å². The molecular formula is C22H19BrN2O6S. The van der Waals surface area contributed by atoms with Crippen LogP contribution in [0.5, 0.6) is 0 Å². The number of hydrogen-bond donors (Lipinski definition) is 3. The first-order chi connectivity index (χ1) is 15.1. The normalized spacial score (nSPS) is 20.2. The second-order valence-corrected chi connectivity index (χ2v) is 10.2. The van der Waals surface area contributed by atoms with Gasteiger partial charge in [-0.1, -0.05) is 59.3 Å². The van der Waals surface area contributed by atoms with Gasteiger partial charge in [0.1, 0.15) is 15.0 Å². The molecule has 4 rings (SSSR count). The summed E-state index contributed by atoms with van der Waals surface area (Å²) in [5.41, 5.74) is 0.666. The number of nitrogens with zero attached hydrogens (tertiary/aromatic N) is 1. The summed E-state index contributed by atoms with van der Waals surface area (Å²) in [5.74, 6) is -2.79. The number of aromatic amines is 1. The number of sulfone groups is 1. The Balaban J connectivity index is 0.000000188. The fraction of sp³-hybridized carbons (Fsp3) is 0.136. The molecule has 10 heteroatoms. The highest BCUT2D eigenvalue weighted by Crippen LogP contribution is 2.37. The van der Waals surface area contributed by atoms with Crippen molar-refractivity contribution in [3.8, 4) is 0 Å². The molecule has 3 aromatic rings. The van der Waals surface area contributed by atoms with E-state index in [1.54, 1.807) is 55.6 Å². The van der Waals surface area contributed by atoms with Gasteiger partial charge in [-0.3, -0.25) is 4.79 Å². The summed E-state index contributed by atoms with van der Waals surface area (Å²) in [6.45, 7) is 1.56. The topological polar surface area (TPSA) is 137 Å². The van der Waals surface area contributed by atoms with Crippen LogP contribution in [-0.2, 0) is 19.4 Å². The number of H-pyrrole nitrogens is 1. The molecule has 32 heavy (non-hydrogen) atoms. The maximum absolute atomic E-state index is 12.3. The first kappa shape index (κ1) is 23.4. The van der Waals surface area contributed by atoms with Crippen molar-refractivity contribution in [2.75, 3.05) is 0 Å². The van der Waals surface area contributed by atoms with Crippen LogP contribution in [0.2, 0.25) is 0 Å². The molecule has 2 aromatic heterocycles. The molecule has 0 radical (unpaired) electrons. The predicted molar refractivity (Wildman–Crippen MR) is 121 cm³/mol. The molecule has 8 nitrogen and oxygen atoms in total. The SMILES string of the molecule is CC1C(C(=O)O)=CC=CC1(Br)C(=O)O.O=S(=O)(c1ccccc1)c1cc2cccnc2[nH]1. The van der Waals surface area contributed by atoms with Gasteiger partial charge in [0.2, 0.25) is 9.84 Å². The second kappa shape index (κ2) is 9.09. The van der Waals surface area contributed by atoms with E-state index >= 15 is 0 Å². The zero-order valence-electron chi connectivity index (χ0n) is 16.8. The van der Waals surface area contributed by atoms with E-state index in [0.29, 0.717) is 5.65 Å². The van der Waals surface area contributed by atoms with Gasteiger partial charge >= 0.3 is 11.9 Å². The third kappa shape index (κ3) is 4.51. The number of aromatic nitrogens is 2. The Labute approximate surface area is 192 Å². The van der Waals surface area contributed by atoms with Crippen LogP contribution < -0.4 is 0 Å². The number of carboxylic acid groups (broad SMARTS) is 2. The van der Waals surface area contributed by atoms with Crippen LogP contribution in [0.3, 0.4) is 0 Å². The number of allylic oxidation sites excluding steroid dienone is 2. The van der Waals surface area contributed by atoms with Crippen molar-refractivity contribution in [2.24, 2.45) is 5.92 Å². The smallest absolute Gasteiger partial charge is 0.331 e. The van der Waals surface area contributed by atoms with Gasteiger partial charge in [0.25, 0.3) is 0 Å². The van der Waals surface area contributed by atoms with Crippen LogP contribution in [0.1, 0.15) is 6.92 Å². The minimum Gasteiger partial charge on any atom is -0.480 e. The van der Waals surface area contributed by atoms with Gasteiger partial charge in [0, 0.05) is 23.1 Å². The van der Waals surface area contributed by atoms with Crippen molar-refractivity contribution < 1.29 is 28.2 Å². The standard InChI is InChI=1S/C13H10N2O2S.C9H9BrO4/c16-18(17,11-6-2-1-3-7-11)12-9-10-5-4-8-14-13(10)15-12;1-5-6(7(11)12)3-2-4-9(5,10)8(13)14/h1-9H,(H,14,15);2-5H,1H3,(H,11,12)(H,13,14). The zero-order valence-corrected chi connectivity index (χ0v) is 19.2. The maximum atomic E-state index is 12.3. The van der Waals surface area contributed by atoms with Gasteiger partial charge in [-0.15, -0.1) is 0 Å². The lowest BCUT2D eigenvalue weighted by Gasteiger charge is -2.29. The molecule has 2 atom stereocenters. The van der Waals surface area contributed by atoms with Crippen LogP contribution in [0, 0.1) is 5.92 Å². The van der Waals surface area contributed by atoms with Gasteiger partial charge in [0.05, 0.1) is 4.90 Å². The van der Waals surface area contributed by atoms with E-state index in [2.05, 4.69) is 25.9 Å². The first-order valence-corrected chi connectivity index (χ1v) is 11.6. The number of carbonyl (C=O) groups is 2. The minimum absolute atomic E-state index is 0.0896. The van der Waals surface area contributed by atoms with E-state index in [4.69, 9.17) is 10.2 Å². The van der Waals surface area contributed by atoms with Crippen LogP contribution in [-0.4, -0.2) is 44.9 Å². The average Bonchev–Trinajstić information content (AvgIpc) is 3.22. The van der Waals surface area contributed by atoms with E-state index < -0.39 is 32.0 Å². The van der Waals surface area contributed by atoms with Crippen molar-refractivity contribution in [3.05, 3.63) is 78.5 Å². The lowest BCUT2D eigenvalue weighted by Crippen LogP contribution is -2.40. The van der Waals surface area contributed by atoms with Crippen LogP contribution >= 0.6 is 15.9 Å².